The zero-order valence-corrected chi connectivity index (χ0v) is 32.8. The molecule has 306 valence electrons. The second kappa shape index (κ2) is 13.7. The minimum atomic E-state index is -1.91. The monoisotopic (exact) mass is 787 g/mol. The first kappa shape index (κ1) is 40.4. The lowest BCUT2D eigenvalue weighted by Crippen LogP contribution is -2.68. The number of carbonyl (C=O) groups excluding carboxylic acids is 3. The van der Waals surface area contributed by atoms with Crippen LogP contribution in [-0.2, 0) is 43.6 Å². The van der Waals surface area contributed by atoms with Gasteiger partial charge in [0.25, 0.3) is 0 Å². The number of ketones is 2. The Kier molecular flexibility index (Phi) is 9.88. The highest BCUT2D eigenvalue weighted by Crippen LogP contribution is 2.56. The Morgan fingerprint density at radius 2 is 1.61 bits per heavy atom. The molecule has 2 fully saturated rings. The number of aromatic hydroxyl groups is 2. The van der Waals surface area contributed by atoms with Crippen LogP contribution in [0.25, 0.3) is 0 Å². The molecular weight excluding hydrogens is 738 g/mol. The van der Waals surface area contributed by atoms with Crippen LogP contribution in [-0.4, -0.2) is 151 Å². The molecule has 0 amide bonds. The van der Waals surface area contributed by atoms with Gasteiger partial charge in [0.1, 0.15) is 58.8 Å². The summed E-state index contributed by atoms with van der Waals surface area (Å²) < 4.78 is 47.4. The molecular formula is C39H49NO16. The largest absolute Gasteiger partial charge is 0.507 e. The molecule has 5 aliphatic rings. The van der Waals surface area contributed by atoms with Crippen LogP contribution in [0.3, 0.4) is 0 Å². The highest BCUT2D eigenvalue weighted by atomic mass is 16.7. The normalized spacial score (nSPS) is 38.6. The molecule has 3 aliphatic heterocycles. The molecule has 2 bridgehead atoms. The number of phenols is 2. The number of carbonyl (C=O) groups is 3. The highest BCUT2D eigenvalue weighted by molar-refractivity contribution is 6.31. The van der Waals surface area contributed by atoms with Gasteiger partial charge in [0.2, 0.25) is 12.1 Å². The van der Waals surface area contributed by atoms with Crippen molar-refractivity contribution in [3.8, 4) is 17.2 Å². The van der Waals surface area contributed by atoms with Crippen molar-refractivity contribution in [2.75, 3.05) is 42.5 Å². The minimum absolute atomic E-state index is 0.0417. The van der Waals surface area contributed by atoms with Gasteiger partial charge in [-0.1, -0.05) is 0 Å². The standard InChI is InChI=1S/C39H49NO16/c1-14-32(49-7)39(4,52-10)33(50-8)36(53-14)54-19-13-37(2,48)24(34(47)51-9)15-11-16-21(27(43)20(15)19)28(44)22-18(41)12-17-30(23(22)26(16)42)55-35-29(45)25(40(5)6)31(46)38(17,3)56-35/h11-12,14,19,24-25,29,31-33,35-36,41,43,45-46,48H,13H2,1-10H3/t14-,19?,24?,25?,29?,31?,32-,33-,35?,36-,37?,38?,39+/m0/s1. The fourth-order valence-corrected chi connectivity index (χ4v) is 9.68. The molecule has 0 aromatic heterocycles. The number of aliphatic hydroxyl groups is 3. The summed E-state index contributed by atoms with van der Waals surface area (Å²) >= 11 is 0. The molecule has 0 spiro atoms. The van der Waals surface area contributed by atoms with Crippen molar-refractivity contribution in [2.45, 2.75) is 112 Å². The van der Waals surface area contributed by atoms with Crippen molar-refractivity contribution in [3.05, 3.63) is 51.1 Å². The van der Waals surface area contributed by atoms with Crippen molar-refractivity contribution in [1.82, 2.24) is 4.90 Å². The fourth-order valence-electron chi connectivity index (χ4n) is 9.68. The summed E-state index contributed by atoms with van der Waals surface area (Å²) in [6.07, 6.45) is -9.16. The van der Waals surface area contributed by atoms with Crippen LogP contribution in [0.2, 0.25) is 0 Å². The number of hydrogen-bond acceptors (Lipinski definition) is 17. The first-order chi connectivity index (χ1) is 26.2. The molecule has 13 atom stereocenters. The van der Waals surface area contributed by atoms with Gasteiger partial charge < -0.3 is 68.3 Å². The lowest BCUT2D eigenvalue weighted by molar-refractivity contribution is -0.345. The number of ether oxygens (including phenoxy) is 8. The van der Waals surface area contributed by atoms with Crippen LogP contribution in [0.4, 0.5) is 0 Å². The van der Waals surface area contributed by atoms with Crippen LogP contribution in [0.15, 0.2) is 12.1 Å². The number of nitrogens with zero attached hydrogens (tertiary/aromatic N) is 1. The van der Waals surface area contributed by atoms with Crippen molar-refractivity contribution in [2.24, 2.45) is 0 Å². The van der Waals surface area contributed by atoms with E-state index in [-0.39, 0.29) is 34.4 Å². The smallest absolute Gasteiger partial charge is 0.316 e. The summed E-state index contributed by atoms with van der Waals surface area (Å²) in [6, 6.07) is 1.50. The third-order valence-corrected chi connectivity index (χ3v) is 12.5. The molecule has 7 rings (SSSR count). The van der Waals surface area contributed by atoms with Crippen molar-refractivity contribution in [3.63, 3.8) is 0 Å². The molecule has 8 unspecified atom stereocenters. The van der Waals surface area contributed by atoms with Gasteiger partial charge in [0, 0.05) is 44.4 Å². The Bertz CT molecular complexity index is 1980. The number of aliphatic hydroxyl groups excluding tert-OH is 2. The SMILES string of the molecule is COC(=O)C1c2cc3c(c(O)c2C(O[C@@H]2O[C@@H](C)[C@H](OC)[C@@](C)(OC)[C@H]2OC)CC1(C)O)C(=O)c1c(O)cc2c(c1C3=O)OC1OC2(C)C(O)C(N(C)C)C1O. The van der Waals surface area contributed by atoms with E-state index in [2.05, 4.69) is 0 Å². The summed E-state index contributed by atoms with van der Waals surface area (Å²) in [7, 11) is 8.84. The van der Waals surface area contributed by atoms with Gasteiger partial charge >= 0.3 is 5.97 Å². The molecule has 0 saturated carbocycles. The number of methoxy groups -OCH3 is 4. The fraction of sp³-hybridized carbons (Fsp3) is 0.615. The maximum atomic E-state index is 14.8. The van der Waals surface area contributed by atoms with Gasteiger partial charge in [0.05, 0.1) is 47.7 Å². The van der Waals surface area contributed by atoms with E-state index in [4.69, 9.17) is 37.9 Å². The molecule has 17 nitrogen and oxygen atoms in total. The van der Waals surface area contributed by atoms with Crippen molar-refractivity contribution >= 4 is 17.5 Å². The van der Waals surface area contributed by atoms with Gasteiger partial charge in [-0.25, -0.2) is 0 Å². The number of rotatable bonds is 7. The molecule has 5 N–H and O–H groups in total. The van der Waals surface area contributed by atoms with E-state index < -0.39 is 124 Å². The number of hydrogen-bond donors (Lipinski definition) is 5. The molecule has 17 heteroatoms. The molecule has 2 aromatic rings. The van der Waals surface area contributed by atoms with E-state index in [1.807, 2.05) is 0 Å². The molecule has 0 radical (unpaired) electrons. The Morgan fingerprint density at radius 3 is 2.20 bits per heavy atom. The van der Waals surface area contributed by atoms with Crippen molar-refractivity contribution < 1.29 is 77.8 Å². The first-order valence-electron chi connectivity index (χ1n) is 18.2. The van der Waals surface area contributed by atoms with Crippen LogP contribution in [0.1, 0.15) is 94.7 Å². The number of phenolic OH excluding ortho intramolecular Hbond substituents is 2. The molecule has 2 aliphatic carbocycles. The topological polar surface area (TPSA) is 229 Å². The van der Waals surface area contributed by atoms with Gasteiger partial charge in [-0.2, -0.15) is 0 Å². The summed E-state index contributed by atoms with van der Waals surface area (Å²) in [5.41, 5.74) is -6.55. The Hall–Kier alpha value is -3.75. The lowest BCUT2D eigenvalue weighted by Gasteiger charge is -2.53. The molecule has 56 heavy (non-hydrogen) atoms. The van der Waals surface area contributed by atoms with Gasteiger partial charge in [-0.3, -0.25) is 14.4 Å². The average Bonchev–Trinajstić information content (AvgIpc) is 3.12. The summed E-state index contributed by atoms with van der Waals surface area (Å²) in [4.78, 5) is 44.4. The minimum Gasteiger partial charge on any atom is -0.507 e. The predicted octanol–water partition coefficient (Wildman–Crippen LogP) is 1.14. The molecule has 2 aromatic carbocycles. The number of esters is 1. The van der Waals surface area contributed by atoms with Crippen LogP contribution < -0.4 is 4.74 Å². The Morgan fingerprint density at radius 1 is 0.946 bits per heavy atom. The van der Waals surface area contributed by atoms with E-state index in [1.165, 1.54) is 41.2 Å². The van der Waals surface area contributed by atoms with Gasteiger partial charge in [-0.05, 0) is 59.5 Å². The van der Waals surface area contributed by atoms with E-state index in [0.717, 1.165) is 13.2 Å². The highest BCUT2D eigenvalue weighted by Gasteiger charge is 2.60. The number of benzene rings is 2. The zero-order chi connectivity index (χ0) is 41.1. The maximum Gasteiger partial charge on any atom is 0.316 e. The summed E-state index contributed by atoms with van der Waals surface area (Å²) in [5.74, 6) is -5.85. The third-order valence-electron chi connectivity index (χ3n) is 12.5. The number of likely N-dealkylation sites (N-methyl/N-ethyl adjacent to an activating group) is 1. The number of fused-ring (bicyclic) bond motifs is 8. The molecule has 2 saturated heterocycles. The average molecular weight is 788 g/mol. The lowest BCUT2D eigenvalue weighted by atomic mass is 9.68. The Balaban J connectivity index is 1.40. The first-order valence-corrected chi connectivity index (χ1v) is 18.2. The Labute approximate surface area is 322 Å². The maximum absolute atomic E-state index is 14.8. The zero-order valence-electron chi connectivity index (χ0n) is 32.8. The van der Waals surface area contributed by atoms with Crippen LogP contribution in [0, 0.1) is 0 Å². The molecule has 3 heterocycles. The van der Waals surface area contributed by atoms with Crippen LogP contribution in [0.5, 0.6) is 17.2 Å². The van der Waals surface area contributed by atoms with Gasteiger partial charge in [-0.15, -0.1) is 0 Å². The second-order valence-electron chi connectivity index (χ2n) is 16.0. The van der Waals surface area contributed by atoms with E-state index in [1.54, 1.807) is 32.8 Å². The summed E-state index contributed by atoms with van der Waals surface area (Å²) in [5, 5.41) is 58.3. The van der Waals surface area contributed by atoms with Crippen molar-refractivity contribution in [1.29, 1.82) is 0 Å². The van der Waals surface area contributed by atoms with E-state index in [0.29, 0.717) is 0 Å². The third kappa shape index (κ3) is 5.47. The predicted molar refractivity (Wildman–Crippen MR) is 191 cm³/mol. The van der Waals surface area contributed by atoms with Gasteiger partial charge in [0.15, 0.2) is 12.1 Å². The quantitative estimate of drug-likeness (QED) is 0.212. The van der Waals surface area contributed by atoms with E-state index >= 15 is 0 Å². The second-order valence-corrected chi connectivity index (χ2v) is 16.0. The summed E-state index contributed by atoms with van der Waals surface area (Å²) in [6.45, 7) is 6.40. The van der Waals surface area contributed by atoms with E-state index in [9.17, 15) is 39.9 Å². The van der Waals surface area contributed by atoms with Crippen LogP contribution >= 0.6 is 0 Å².